The van der Waals surface area contributed by atoms with Crippen molar-refractivity contribution in [3.63, 3.8) is 0 Å². The maximum atomic E-state index is 13.3. The summed E-state index contributed by atoms with van der Waals surface area (Å²) in [4.78, 5) is 4.45. The van der Waals surface area contributed by atoms with Crippen molar-refractivity contribution in [1.29, 1.82) is 0 Å². The summed E-state index contributed by atoms with van der Waals surface area (Å²) >= 11 is 5.97. The normalized spacial score (nSPS) is 12.7. The molecule has 3 aromatic carbocycles. The van der Waals surface area contributed by atoms with Crippen molar-refractivity contribution < 1.29 is 22.3 Å². The minimum atomic E-state index is -3.92. The van der Waals surface area contributed by atoms with Gasteiger partial charge in [-0.15, -0.1) is 0 Å². The Labute approximate surface area is 189 Å². The first-order valence-corrected chi connectivity index (χ1v) is 11.6. The molecule has 7 nitrogen and oxygen atoms in total. The summed E-state index contributed by atoms with van der Waals surface area (Å²) in [5, 5.41) is 3.44. The van der Waals surface area contributed by atoms with Gasteiger partial charge in [-0.25, -0.2) is 8.42 Å². The first kappa shape index (κ1) is 20.4. The fraction of sp³-hybridized carbons (Fsp3) is 0.0870. The van der Waals surface area contributed by atoms with Gasteiger partial charge in [-0.3, -0.25) is 0 Å². The molecule has 0 fully saturated rings. The third kappa shape index (κ3) is 3.90. The van der Waals surface area contributed by atoms with Gasteiger partial charge in [-0.1, -0.05) is 35.9 Å². The molecule has 162 valence electrons. The number of ether oxygens (including phenoxy) is 2. The molecule has 0 saturated carbocycles. The van der Waals surface area contributed by atoms with Gasteiger partial charge in [0.1, 0.15) is 0 Å². The van der Waals surface area contributed by atoms with E-state index in [9.17, 15) is 8.42 Å². The lowest BCUT2D eigenvalue weighted by molar-refractivity contribution is 0.174. The molecular formula is C23H17ClN2O5S. The topological polar surface area (TPSA) is 90.7 Å². The lowest BCUT2D eigenvalue weighted by Gasteiger charge is -2.07. The highest BCUT2D eigenvalue weighted by atomic mass is 35.5. The summed E-state index contributed by atoms with van der Waals surface area (Å²) < 4.78 is 43.2. The Balaban J connectivity index is 1.51. The van der Waals surface area contributed by atoms with Crippen LogP contribution in [-0.4, -0.2) is 20.2 Å². The summed E-state index contributed by atoms with van der Waals surface area (Å²) in [7, 11) is -3.92. The average molecular weight is 469 g/mol. The van der Waals surface area contributed by atoms with E-state index in [0.717, 1.165) is 5.56 Å². The smallest absolute Gasteiger partial charge is 0.234 e. The Morgan fingerprint density at radius 1 is 0.938 bits per heavy atom. The van der Waals surface area contributed by atoms with Crippen LogP contribution >= 0.6 is 11.6 Å². The minimum Gasteiger partial charge on any atom is -0.454 e. The van der Waals surface area contributed by atoms with Gasteiger partial charge in [0.25, 0.3) is 0 Å². The summed E-state index contributed by atoms with van der Waals surface area (Å²) in [5.41, 5.74) is 1.47. The van der Waals surface area contributed by atoms with Gasteiger partial charge in [0.15, 0.2) is 11.5 Å². The van der Waals surface area contributed by atoms with Crippen LogP contribution in [0.1, 0.15) is 5.56 Å². The van der Waals surface area contributed by atoms with Gasteiger partial charge in [0.2, 0.25) is 33.4 Å². The first-order chi connectivity index (χ1) is 15.5. The van der Waals surface area contributed by atoms with E-state index < -0.39 is 9.84 Å². The van der Waals surface area contributed by atoms with E-state index in [2.05, 4.69) is 10.3 Å². The van der Waals surface area contributed by atoms with Crippen molar-refractivity contribution in [1.82, 2.24) is 4.98 Å². The molecule has 5 rings (SSSR count). The molecule has 1 aliphatic rings. The second-order valence-electron chi connectivity index (χ2n) is 7.02. The molecule has 9 heteroatoms. The molecule has 1 aromatic heterocycles. The van der Waals surface area contributed by atoms with Crippen LogP contribution in [0.3, 0.4) is 0 Å². The van der Waals surface area contributed by atoms with E-state index >= 15 is 0 Å². The molecule has 0 unspecified atom stereocenters. The monoisotopic (exact) mass is 468 g/mol. The summed E-state index contributed by atoms with van der Waals surface area (Å²) in [6, 6.07) is 20.4. The summed E-state index contributed by atoms with van der Waals surface area (Å²) in [6.07, 6.45) is 0. The van der Waals surface area contributed by atoms with Crippen LogP contribution in [0.4, 0.5) is 5.88 Å². The van der Waals surface area contributed by atoms with E-state index in [1.807, 2.05) is 12.1 Å². The highest BCUT2D eigenvalue weighted by Crippen LogP contribution is 2.35. The number of rotatable bonds is 6. The van der Waals surface area contributed by atoms with E-state index in [1.54, 1.807) is 48.5 Å². The van der Waals surface area contributed by atoms with Gasteiger partial charge >= 0.3 is 0 Å². The number of oxazole rings is 1. The number of hydrogen-bond acceptors (Lipinski definition) is 7. The number of fused-ring (bicyclic) bond motifs is 1. The molecule has 0 bridgehead atoms. The minimum absolute atomic E-state index is 0.0523. The molecule has 0 atom stereocenters. The predicted octanol–water partition coefficient (Wildman–Crippen LogP) is 5.17. The Bertz CT molecular complexity index is 1370. The zero-order valence-electron chi connectivity index (χ0n) is 16.6. The fourth-order valence-corrected chi connectivity index (χ4v) is 4.69. The number of anilines is 1. The Morgan fingerprint density at radius 2 is 1.69 bits per heavy atom. The summed E-state index contributed by atoms with van der Waals surface area (Å²) in [5.74, 6) is 1.53. The standard InChI is InChI=1S/C23H17ClN2O5S/c24-17-9-7-16(8-10-17)21-26-23(32(27,28)18-4-2-1-3-5-18)22(31-21)25-13-15-6-11-19-20(12-15)30-14-29-19/h1-12,25H,13-14H2. The molecule has 0 aliphatic carbocycles. The van der Waals surface area contributed by atoms with Crippen LogP contribution in [0.15, 0.2) is 87.1 Å². The quantitative estimate of drug-likeness (QED) is 0.417. The molecular weight excluding hydrogens is 452 g/mol. The molecule has 32 heavy (non-hydrogen) atoms. The molecule has 0 saturated heterocycles. The van der Waals surface area contributed by atoms with Crippen molar-refractivity contribution in [3.05, 3.63) is 83.4 Å². The predicted molar refractivity (Wildman–Crippen MR) is 119 cm³/mol. The molecule has 1 N–H and O–H groups in total. The number of sulfone groups is 1. The fourth-order valence-electron chi connectivity index (χ4n) is 3.26. The number of nitrogens with one attached hydrogen (secondary N) is 1. The van der Waals surface area contributed by atoms with Gasteiger partial charge in [0.05, 0.1) is 4.90 Å². The van der Waals surface area contributed by atoms with Crippen LogP contribution in [0.2, 0.25) is 5.02 Å². The second-order valence-corrected chi connectivity index (χ2v) is 9.32. The van der Waals surface area contributed by atoms with Crippen molar-refractivity contribution in [2.45, 2.75) is 16.5 Å². The van der Waals surface area contributed by atoms with Gasteiger partial charge in [-0.05, 0) is 54.1 Å². The van der Waals surface area contributed by atoms with Crippen molar-refractivity contribution in [2.75, 3.05) is 12.1 Å². The maximum absolute atomic E-state index is 13.3. The second kappa shape index (κ2) is 8.22. The number of hydrogen-bond donors (Lipinski definition) is 1. The molecule has 2 heterocycles. The van der Waals surface area contributed by atoms with E-state index in [0.29, 0.717) is 28.6 Å². The lowest BCUT2D eigenvalue weighted by Crippen LogP contribution is -2.07. The molecule has 0 radical (unpaired) electrons. The third-order valence-corrected chi connectivity index (χ3v) is 6.82. The number of nitrogens with zero attached hydrogens (tertiary/aromatic N) is 1. The zero-order valence-corrected chi connectivity index (χ0v) is 18.2. The molecule has 1 aliphatic heterocycles. The summed E-state index contributed by atoms with van der Waals surface area (Å²) in [6.45, 7) is 0.474. The molecule has 0 amide bonds. The number of benzene rings is 3. The highest BCUT2D eigenvalue weighted by Gasteiger charge is 2.28. The number of halogens is 1. The lowest BCUT2D eigenvalue weighted by atomic mass is 10.2. The van der Waals surface area contributed by atoms with Crippen molar-refractivity contribution >= 4 is 27.3 Å². The van der Waals surface area contributed by atoms with E-state index in [-0.39, 0.29) is 28.5 Å². The Kier molecular flexibility index (Phi) is 5.24. The third-order valence-electron chi connectivity index (χ3n) is 4.89. The van der Waals surface area contributed by atoms with Crippen LogP contribution in [0.25, 0.3) is 11.5 Å². The SMILES string of the molecule is O=S(=O)(c1ccccc1)c1nc(-c2ccc(Cl)cc2)oc1NCc1ccc2c(c1)OCO2. The Hall–Kier alpha value is -3.49. The van der Waals surface area contributed by atoms with Crippen LogP contribution in [0.5, 0.6) is 11.5 Å². The van der Waals surface area contributed by atoms with Crippen LogP contribution < -0.4 is 14.8 Å². The van der Waals surface area contributed by atoms with Crippen molar-refractivity contribution in [3.8, 4) is 23.0 Å². The van der Waals surface area contributed by atoms with Crippen LogP contribution in [-0.2, 0) is 16.4 Å². The molecule has 0 spiro atoms. The first-order valence-electron chi connectivity index (χ1n) is 9.70. The van der Waals surface area contributed by atoms with Crippen molar-refractivity contribution in [2.24, 2.45) is 0 Å². The molecule has 4 aromatic rings. The maximum Gasteiger partial charge on any atom is 0.234 e. The van der Waals surface area contributed by atoms with E-state index in [4.69, 9.17) is 25.5 Å². The Morgan fingerprint density at radius 3 is 2.47 bits per heavy atom. The largest absolute Gasteiger partial charge is 0.454 e. The van der Waals surface area contributed by atoms with Gasteiger partial charge < -0.3 is 19.2 Å². The van der Waals surface area contributed by atoms with E-state index in [1.165, 1.54) is 12.1 Å². The number of aromatic nitrogens is 1. The van der Waals surface area contributed by atoms with Gasteiger partial charge in [-0.2, -0.15) is 4.98 Å². The average Bonchev–Trinajstić information content (AvgIpc) is 3.46. The van der Waals surface area contributed by atoms with Gasteiger partial charge in [0, 0.05) is 17.1 Å². The van der Waals surface area contributed by atoms with Crippen LogP contribution in [0, 0.1) is 0 Å². The zero-order chi connectivity index (χ0) is 22.1. The highest BCUT2D eigenvalue weighted by molar-refractivity contribution is 7.91.